The first kappa shape index (κ1) is 37.3. The summed E-state index contributed by atoms with van der Waals surface area (Å²) in [5, 5.41) is 16.6. The normalized spacial score (nSPS) is 37.8. The summed E-state index contributed by atoms with van der Waals surface area (Å²) in [4.78, 5) is 50.9. The van der Waals surface area contributed by atoms with E-state index < -0.39 is 12.1 Å². The Morgan fingerprint density at radius 3 is 2.58 bits per heavy atom. The summed E-state index contributed by atoms with van der Waals surface area (Å²) >= 11 is 0. The van der Waals surface area contributed by atoms with Gasteiger partial charge in [0.15, 0.2) is 0 Å². The van der Waals surface area contributed by atoms with Gasteiger partial charge in [-0.25, -0.2) is 4.98 Å². The van der Waals surface area contributed by atoms with Crippen molar-refractivity contribution in [2.45, 2.75) is 128 Å². The highest BCUT2D eigenvalue weighted by Gasteiger charge is 2.60. The number of fused-ring (bicyclic) bond motifs is 5. The van der Waals surface area contributed by atoms with E-state index in [1.807, 2.05) is 19.0 Å². The molecule has 6 N–H and O–H groups in total. The lowest BCUT2D eigenvalue weighted by Gasteiger charge is -2.61. The fraction of sp³-hybridized carbons (Fsp3) is 0.846. The second kappa shape index (κ2) is 15.2. The number of aliphatic hydroxyl groups excluding tert-OH is 1. The van der Waals surface area contributed by atoms with Crippen LogP contribution in [0.4, 0.5) is 0 Å². The van der Waals surface area contributed by atoms with Gasteiger partial charge in [0.2, 0.25) is 17.7 Å². The predicted octanol–water partition coefficient (Wildman–Crippen LogP) is 3.48. The zero-order valence-corrected chi connectivity index (χ0v) is 31.3. The quantitative estimate of drug-likeness (QED) is 0.224. The smallest absolute Gasteiger partial charge is 0.242 e. The van der Waals surface area contributed by atoms with Gasteiger partial charge in [0.1, 0.15) is 6.04 Å². The van der Waals surface area contributed by atoms with Gasteiger partial charge in [-0.05, 0) is 131 Å². The first-order chi connectivity index (χ1) is 23.8. The number of likely N-dealkylation sites (N-methyl/N-ethyl adjacent to an activating group) is 1. The molecule has 5 aliphatic rings. The van der Waals surface area contributed by atoms with Crippen molar-refractivity contribution in [2.75, 3.05) is 33.7 Å². The molecule has 5 fully saturated rings. The molecule has 0 spiro atoms. The van der Waals surface area contributed by atoms with E-state index in [2.05, 4.69) is 41.4 Å². The van der Waals surface area contributed by atoms with Gasteiger partial charge < -0.3 is 36.3 Å². The Morgan fingerprint density at radius 1 is 1.08 bits per heavy atom. The molecule has 280 valence electrons. The zero-order valence-electron chi connectivity index (χ0n) is 31.3. The van der Waals surface area contributed by atoms with E-state index in [0.717, 1.165) is 37.0 Å². The largest absolute Gasteiger partial charge is 0.393 e. The van der Waals surface area contributed by atoms with Crippen LogP contribution in [0.1, 0.15) is 104 Å². The number of nitrogens with zero attached hydrogens (tertiary/aromatic N) is 3. The fourth-order valence-corrected chi connectivity index (χ4v) is 12.0. The van der Waals surface area contributed by atoms with Crippen LogP contribution in [0.15, 0.2) is 12.5 Å². The van der Waals surface area contributed by atoms with Crippen LogP contribution in [0.2, 0.25) is 0 Å². The highest BCUT2D eigenvalue weighted by atomic mass is 16.3. The Hall–Kier alpha value is -2.50. The average Bonchev–Trinajstić information content (AvgIpc) is 3.82. The summed E-state index contributed by atoms with van der Waals surface area (Å²) in [7, 11) is 3.90. The Bertz CT molecular complexity index is 1340. The summed E-state index contributed by atoms with van der Waals surface area (Å²) in [5.74, 6) is 3.64. The van der Waals surface area contributed by atoms with Crippen molar-refractivity contribution in [1.82, 2.24) is 30.4 Å². The second-order valence-corrected chi connectivity index (χ2v) is 17.8. The molecule has 50 heavy (non-hydrogen) atoms. The summed E-state index contributed by atoms with van der Waals surface area (Å²) in [6, 6.07) is -1.81. The molecule has 1 aromatic rings. The second-order valence-electron chi connectivity index (χ2n) is 17.8. The summed E-state index contributed by atoms with van der Waals surface area (Å²) in [6.45, 7) is 8.94. The van der Waals surface area contributed by atoms with Crippen LogP contribution in [-0.2, 0) is 20.8 Å². The molecule has 12 atom stereocenters. The van der Waals surface area contributed by atoms with Crippen LogP contribution in [0.3, 0.4) is 0 Å². The third-order valence-electron chi connectivity index (χ3n) is 14.6. The standard InChI is InChI=1S/C39H65N7O4/c1-24(30-9-10-31-29-8-7-25-18-28(47)12-14-38(25,2)32(29)13-15-39(30,31)3)6-11-35(48)44-27-20-34(36(49)42-16-17-45(4)5)46(22-27)37(50)33(40)19-26-21-41-23-43-26/h21,23-25,27-34,47H,6-20,22,40H2,1-5H3,(H,41,43)(H,42,49)(H,44,48)/t24-,25?,27+,28-,29?,30-,31?,32?,33?,34+,38+,39-/m1/s1. The van der Waals surface area contributed by atoms with Crippen molar-refractivity contribution in [3.05, 3.63) is 18.2 Å². The number of aliphatic hydroxyl groups is 1. The number of rotatable bonds is 12. The third kappa shape index (κ3) is 7.51. The predicted molar refractivity (Wildman–Crippen MR) is 194 cm³/mol. The van der Waals surface area contributed by atoms with Crippen molar-refractivity contribution in [3.8, 4) is 0 Å². The molecule has 11 heteroatoms. The number of hydrogen-bond acceptors (Lipinski definition) is 7. The van der Waals surface area contributed by atoms with Gasteiger partial charge in [0.25, 0.3) is 0 Å². The molecule has 1 aromatic heterocycles. The molecule has 4 saturated carbocycles. The van der Waals surface area contributed by atoms with E-state index in [4.69, 9.17) is 5.73 Å². The Balaban J connectivity index is 1.03. The van der Waals surface area contributed by atoms with Gasteiger partial charge in [-0.3, -0.25) is 14.4 Å². The number of aromatic nitrogens is 2. The maximum absolute atomic E-state index is 13.5. The van der Waals surface area contributed by atoms with Crippen molar-refractivity contribution in [2.24, 2.45) is 52.1 Å². The number of amides is 3. The summed E-state index contributed by atoms with van der Waals surface area (Å²) in [5.41, 5.74) is 7.75. The maximum atomic E-state index is 13.5. The molecule has 3 amide bonds. The van der Waals surface area contributed by atoms with E-state index in [0.29, 0.717) is 60.2 Å². The first-order valence-corrected chi connectivity index (χ1v) is 19.7. The van der Waals surface area contributed by atoms with E-state index in [-0.39, 0.29) is 42.8 Å². The average molecular weight is 696 g/mol. The monoisotopic (exact) mass is 696 g/mol. The van der Waals surface area contributed by atoms with Gasteiger partial charge in [-0.2, -0.15) is 0 Å². The van der Waals surface area contributed by atoms with Gasteiger partial charge in [0, 0.05) is 44.7 Å². The maximum Gasteiger partial charge on any atom is 0.242 e. The van der Waals surface area contributed by atoms with Gasteiger partial charge in [-0.15, -0.1) is 0 Å². The molecule has 0 bridgehead atoms. The number of likely N-dealkylation sites (tertiary alicyclic amines) is 1. The lowest BCUT2D eigenvalue weighted by molar-refractivity contribution is -0.139. The van der Waals surface area contributed by atoms with Crippen LogP contribution in [0.25, 0.3) is 0 Å². The summed E-state index contributed by atoms with van der Waals surface area (Å²) in [6.07, 6.45) is 16.1. The lowest BCUT2D eigenvalue weighted by Crippen LogP contribution is -2.54. The van der Waals surface area contributed by atoms with E-state index in [1.165, 1.54) is 44.9 Å². The lowest BCUT2D eigenvalue weighted by atomic mass is 9.44. The molecule has 6 rings (SSSR count). The van der Waals surface area contributed by atoms with Crippen LogP contribution in [0, 0.1) is 46.3 Å². The van der Waals surface area contributed by atoms with Crippen molar-refractivity contribution in [1.29, 1.82) is 0 Å². The minimum Gasteiger partial charge on any atom is -0.393 e. The molecule has 4 aliphatic carbocycles. The molecular weight excluding hydrogens is 630 g/mol. The number of hydrogen-bond donors (Lipinski definition) is 5. The molecular formula is C39H65N7O4. The minimum atomic E-state index is -0.828. The molecule has 11 nitrogen and oxygen atoms in total. The minimum absolute atomic E-state index is 0.00197. The number of nitrogens with two attached hydrogens (primary N) is 1. The summed E-state index contributed by atoms with van der Waals surface area (Å²) < 4.78 is 0. The van der Waals surface area contributed by atoms with Crippen molar-refractivity contribution >= 4 is 17.7 Å². The molecule has 1 saturated heterocycles. The van der Waals surface area contributed by atoms with Gasteiger partial charge in [0.05, 0.1) is 24.2 Å². The number of carbonyl (C=O) groups is 3. The van der Waals surface area contributed by atoms with Crippen LogP contribution < -0.4 is 16.4 Å². The molecule has 0 radical (unpaired) electrons. The highest BCUT2D eigenvalue weighted by molar-refractivity contribution is 5.91. The van der Waals surface area contributed by atoms with Crippen LogP contribution in [0.5, 0.6) is 0 Å². The molecule has 5 unspecified atom stereocenters. The number of carbonyl (C=O) groups excluding carboxylic acids is 3. The highest BCUT2D eigenvalue weighted by Crippen LogP contribution is 2.68. The number of nitrogens with one attached hydrogen (secondary N) is 3. The first-order valence-electron chi connectivity index (χ1n) is 19.7. The van der Waals surface area contributed by atoms with E-state index in [1.54, 1.807) is 17.4 Å². The molecule has 1 aliphatic heterocycles. The number of H-pyrrole nitrogens is 1. The van der Waals surface area contributed by atoms with Crippen molar-refractivity contribution < 1.29 is 19.5 Å². The van der Waals surface area contributed by atoms with E-state index >= 15 is 0 Å². The number of aromatic amines is 1. The van der Waals surface area contributed by atoms with Crippen LogP contribution in [-0.4, -0.2) is 101 Å². The van der Waals surface area contributed by atoms with Gasteiger partial charge >= 0.3 is 0 Å². The topological polar surface area (TPSA) is 157 Å². The Morgan fingerprint density at radius 2 is 1.84 bits per heavy atom. The van der Waals surface area contributed by atoms with E-state index in [9.17, 15) is 19.5 Å². The van der Waals surface area contributed by atoms with Crippen LogP contribution >= 0.6 is 0 Å². The van der Waals surface area contributed by atoms with Gasteiger partial charge in [-0.1, -0.05) is 20.8 Å². The SMILES string of the molecule is C[C@H](CCC(=O)N[C@H]1C[C@@H](C(=O)NCCN(C)C)N(C(=O)C(N)Cc2c[nH]cn2)C1)[C@H]1CCC2C3CCC4C[C@H](O)CC[C@]4(C)C3CC[C@@]21C. The van der Waals surface area contributed by atoms with Crippen molar-refractivity contribution in [3.63, 3.8) is 0 Å². The molecule has 0 aromatic carbocycles. The fourth-order valence-electron chi connectivity index (χ4n) is 12.0. The third-order valence-corrected chi connectivity index (χ3v) is 14.6. The Kier molecular flexibility index (Phi) is 11.4. The molecule has 2 heterocycles. The Labute approximate surface area is 299 Å². The zero-order chi connectivity index (χ0) is 35.8. The number of imidazole rings is 1.